The highest BCUT2D eigenvalue weighted by Crippen LogP contribution is 2.25. The normalized spacial score (nSPS) is 12.9. The van der Waals surface area contributed by atoms with E-state index in [9.17, 15) is 9.59 Å². The summed E-state index contributed by atoms with van der Waals surface area (Å²) in [6.07, 6.45) is 4.87. The number of para-hydroxylation sites is 1. The predicted molar refractivity (Wildman–Crippen MR) is 117 cm³/mol. The molecule has 0 amide bonds. The van der Waals surface area contributed by atoms with E-state index in [-0.39, 0.29) is 23.6 Å². The van der Waals surface area contributed by atoms with Gasteiger partial charge in [-0.15, -0.1) is 0 Å². The monoisotopic (exact) mass is 416 g/mol. The van der Waals surface area contributed by atoms with Gasteiger partial charge in [0.05, 0.1) is 29.5 Å². The molecule has 0 saturated carbocycles. The molecule has 0 aliphatic heterocycles. The molecule has 0 spiro atoms. The first-order valence-electron chi connectivity index (χ1n) is 9.99. The van der Waals surface area contributed by atoms with Crippen LogP contribution < -0.4 is 5.56 Å². The van der Waals surface area contributed by atoms with Gasteiger partial charge in [-0.05, 0) is 60.7 Å². The van der Waals surface area contributed by atoms with Gasteiger partial charge < -0.3 is 4.42 Å². The highest BCUT2D eigenvalue weighted by atomic mass is 32.2. The zero-order chi connectivity index (χ0) is 20.5. The SMILES string of the molecule is O=C(CSc1nc2ccccc2c(=O)n1Cc1ccco1)c1ccc2c(c1)CCC2. The molecular formula is C24H20N2O3S. The van der Waals surface area contributed by atoms with Crippen molar-refractivity contribution in [1.82, 2.24) is 9.55 Å². The number of thioether (sulfide) groups is 1. The van der Waals surface area contributed by atoms with E-state index in [2.05, 4.69) is 11.1 Å². The van der Waals surface area contributed by atoms with Crippen molar-refractivity contribution in [2.24, 2.45) is 0 Å². The van der Waals surface area contributed by atoms with Crippen molar-refractivity contribution < 1.29 is 9.21 Å². The van der Waals surface area contributed by atoms with Gasteiger partial charge in [-0.2, -0.15) is 0 Å². The number of furan rings is 1. The van der Waals surface area contributed by atoms with E-state index in [1.807, 2.05) is 36.4 Å². The molecule has 0 fully saturated rings. The molecule has 2 heterocycles. The Hall–Kier alpha value is -3.12. The van der Waals surface area contributed by atoms with Crippen LogP contribution in [-0.2, 0) is 19.4 Å². The molecule has 150 valence electrons. The first-order chi connectivity index (χ1) is 14.7. The Labute approximate surface area is 177 Å². The molecule has 0 N–H and O–H groups in total. The molecule has 30 heavy (non-hydrogen) atoms. The highest BCUT2D eigenvalue weighted by molar-refractivity contribution is 7.99. The summed E-state index contributed by atoms with van der Waals surface area (Å²) in [5, 5.41) is 1.07. The second-order valence-corrected chi connectivity index (χ2v) is 8.37. The van der Waals surface area contributed by atoms with E-state index in [0.717, 1.165) is 24.8 Å². The highest BCUT2D eigenvalue weighted by Gasteiger charge is 2.17. The van der Waals surface area contributed by atoms with Crippen LogP contribution in [-0.4, -0.2) is 21.1 Å². The molecule has 0 bridgehead atoms. The quantitative estimate of drug-likeness (QED) is 0.263. The third-order valence-electron chi connectivity index (χ3n) is 5.47. The molecule has 0 unspecified atom stereocenters. The van der Waals surface area contributed by atoms with Gasteiger partial charge in [0.1, 0.15) is 5.76 Å². The number of fused-ring (bicyclic) bond motifs is 2. The summed E-state index contributed by atoms with van der Waals surface area (Å²) in [5.41, 5.74) is 3.85. The number of nitrogens with zero attached hydrogens (tertiary/aromatic N) is 2. The summed E-state index contributed by atoms with van der Waals surface area (Å²) in [7, 11) is 0. The fraction of sp³-hybridized carbons (Fsp3) is 0.208. The van der Waals surface area contributed by atoms with Crippen LogP contribution in [0.25, 0.3) is 10.9 Å². The number of carbonyl (C=O) groups excluding carboxylic acids is 1. The second-order valence-electron chi connectivity index (χ2n) is 7.43. The number of carbonyl (C=O) groups is 1. The third kappa shape index (κ3) is 3.59. The standard InChI is InChI=1S/C24H20N2O3S/c27-22(18-11-10-16-5-3-6-17(16)13-18)15-30-24-25-21-9-2-1-8-20(21)23(28)26(24)14-19-7-4-12-29-19/h1-2,4,7-13H,3,5-6,14-15H2. The maximum absolute atomic E-state index is 13.1. The minimum absolute atomic E-state index is 0.0432. The van der Waals surface area contributed by atoms with Crippen LogP contribution in [0.1, 0.15) is 33.7 Å². The molecule has 1 aliphatic rings. The Morgan fingerprint density at radius 3 is 2.80 bits per heavy atom. The Morgan fingerprint density at radius 1 is 1.07 bits per heavy atom. The molecule has 5 nitrogen and oxygen atoms in total. The van der Waals surface area contributed by atoms with Crippen molar-refractivity contribution in [1.29, 1.82) is 0 Å². The lowest BCUT2D eigenvalue weighted by Crippen LogP contribution is -2.24. The van der Waals surface area contributed by atoms with Gasteiger partial charge in [0.2, 0.25) is 0 Å². The Kier molecular flexibility index (Phi) is 5.01. The lowest BCUT2D eigenvalue weighted by atomic mass is 10.0. The molecule has 2 aromatic carbocycles. The van der Waals surface area contributed by atoms with Crippen molar-refractivity contribution in [2.45, 2.75) is 31.0 Å². The number of aromatic nitrogens is 2. The van der Waals surface area contributed by atoms with E-state index >= 15 is 0 Å². The zero-order valence-corrected chi connectivity index (χ0v) is 17.2. The van der Waals surface area contributed by atoms with Crippen molar-refractivity contribution in [3.05, 3.63) is 93.7 Å². The number of ketones is 1. The van der Waals surface area contributed by atoms with Gasteiger partial charge in [0, 0.05) is 5.56 Å². The molecular weight excluding hydrogens is 396 g/mol. The maximum atomic E-state index is 13.1. The number of Topliss-reactive ketones (excluding diaryl/α,β-unsaturated/α-hetero) is 1. The fourth-order valence-corrected chi connectivity index (χ4v) is 4.81. The van der Waals surface area contributed by atoms with Crippen LogP contribution >= 0.6 is 11.8 Å². The number of rotatable bonds is 6. The van der Waals surface area contributed by atoms with Crippen molar-refractivity contribution >= 4 is 28.4 Å². The van der Waals surface area contributed by atoms with Crippen molar-refractivity contribution in [2.75, 3.05) is 5.75 Å². The molecule has 0 radical (unpaired) electrons. The van der Waals surface area contributed by atoms with Crippen molar-refractivity contribution in [3.63, 3.8) is 0 Å². The van der Waals surface area contributed by atoms with Crippen LogP contribution in [0, 0.1) is 0 Å². The van der Waals surface area contributed by atoms with E-state index in [1.54, 1.807) is 23.0 Å². The predicted octanol–water partition coefficient (Wildman–Crippen LogP) is 4.50. The number of aryl methyl sites for hydroxylation is 2. The fourth-order valence-electron chi connectivity index (χ4n) is 3.91. The van der Waals surface area contributed by atoms with Gasteiger partial charge in [-0.3, -0.25) is 14.2 Å². The Balaban J connectivity index is 1.45. The first-order valence-corrected chi connectivity index (χ1v) is 11.0. The summed E-state index contributed by atoms with van der Waals surface area (Å²) in [5.74, 6) is 0.935. The third-order valence-corrected chi connectivity index (χ3v) is 6.45. The molecule has 5 rings (SSSR count). The topological polar surface area (TPSA) is 65.1 Å². The van der Waals surface area contributed by atoms with E-state index in [0.29, 0.717) is 21.8 Å². The maximum Gasteiger partial charge on any atom is 0.262 e. The summed E-state index contributed by atoms with van der Waals surface area (Å²) in [6, 6.07) is 16.9. The summed E-state index contributed by atoms with van der Waals surface area (Å²) >= 11 is 1.29. The molecule has 1 aliphatic carbocycles. The molecule has 4 aromatic rings. The second kappa shape index (κ2) is 7.95. The van der Waals surface area contributed by atoms with Crippen LogP contribution in [0.5, 0.6) is 0 Å². The van der Waals surface area contributed by atoms with Crippen LogP contribution in [0.4, 0.5) is 0 Å². The van der Waals surface area contributed by atoms with Gasteiger partial charge in [-0.1, -0.05) is 36.0 Å². The van der Waals surface area contributed by atoms with E-state index in [1.165, 1.54) is 22.9 Å². The van der Waals surface area contributed by atoms with Crippen LogP contribution in [0.3, 0.4) is 0 Å². The molecule has 2 aromatic heterocycles. The van der Waals surface area contributed by atoms with Gasteiger partial charge in [0.25, 0.3) is 5.56 Å². The summed E-state index contributed by atoms with van der Waals surface area (Å²) < 4.78 is 7.02. The Bertz CT molecular complexity index is 1290. The lowest BCUT2D eigenvalue weighted by molar-refractivity contribution is 0.102. The van der Waals surface area contributed by atoms with Gasteiger partial charge >= 0.3 is 0 Å². The number of hydrogen-bond donors (Lipinski definition) is 0. The Morgan fingerprint density at radius 2 is 1.93 bits per heavy atom. The summed E-state index contributed by atoms with van der Waals surface area (Å²) in [6.45, 7) is 0.277. The van der Waals surface area contributed by atoms with Crippen LogP contribution in [0.2, 0.25) is 0 Å². The molecule has 0 saturated heterocycles. The average Bonchev–Trinajstić information content (AvgIpc) is 3.45. The first kappa shape index (κ1) is 18.9. The van der Waals surface area contributed by atoms with Crippen LogP contribution in [0.15, 0.2) is 75.2 Å². The summed E-state index contributed by atoms with van der Waals surface area (Å²) in [4.78, 5) is 30.6. The van der Waals surface area contributed by atoms with Crippen molar-refractivity contribution in [3.8, 4) is 0 Å². The lowest BCUT2D eigenvalue weighted by Gasteiger charge is -2.12. The zero-order valence-electron chi connectivity index (χ0n) is 16.3. The van der Waals surface area contributed by atoms with Gasteiger partial charge in [-0.25, -0.2) is 4.98 Å². The molecule has 6 heteroatoms. The number of benzene rings is 2. The average molecular weight is 417 g/mol. The number of hydrogen-bond acceptors (Lipinski definition) is 5. The van der Waals surface area contributed by atoms with Gasteiger partial charge in [0.15, 0.2) is 10.9 Å². The van der Waals surface area contributed by atoms with E-state index < -0.39 is 0 Å². The minimum Gasteiger partial charge on any atom is -0.467 e. The largest absolute Gasteiger partial charge is 0.467 e. The smallest absolute Gasteiger partial charge is 0.262 e. The molecule has 0 atom stereocenters. The van der Waals surface area contributed by atoms with E-state index in [4.69, 9.17) is 4.42 Å². The minimum atomic E-state index is -0.135.